The van der Waals surface area contributed by atoms with Crippen LogP contribution < -0.4 is 5.32 Å². The third-order valence-corrected chi connectivity index (χ3v) is 6.41. The number of amidine groups is 1. The Labute approximate surface area is 164 Å². The molecule has 4 rings (SSSR count). The Hall–Kier alpha value is -2.39. The van der Waals surface area contributed by atoms with Gasteiger partial charge in [-0.25, -0.2) is 8.42 Å². The highest BCUT2D eigenvalue weighted by molar-refractivity contribution is 7.90. The molecule has 0 bridgehead atoms. The number of hydrogen-bond acceptors (Lipinski definition) is 6. The van der Waals surface area contributed by atoms with Crippen molar-refractivity contribution in [3.05, 3.63) is 48.1 Å². The molecule has 0 spiro atoms. The van der Waals surface area contributed by atoms with E-state index < -0.39 is 10.0 Å². The van der Waals surface area contributed by atoms with Crippen molar-refractivity contribution in [3.8, 4) is 0 Å². The molecular weight excluding hydrogens is 380 g/mol. The van der Waals surface area contributed by atoms with Gasteiger partial charge >= 0.3 is 0 Å². The van der Waals surface area contributed by atoms with Crippen LogP contribution in [0.25, 0.3) is 0 Å². The van der Waals surface area contributed by atoms with Crippen LogP contribution in [0.4, 0.5) is 0 Å². The molecule has 4 heterocycles. The fraction of sp³-hybridized carbons (Fsp3) is 0.474. The maximum atomic E-state index is 12.7. The lowest BCUT2D eigenvalue weighted by Gasteiger charge is -2.33. The molecule has 1 saturated heterocycles. The summed E-state index contributed by atoms with van der Waals surface area (Å²) in [6.07, 6.45) is 10.0. The summed E-state index contributed by atoms with van der Waals surface area (Å²) in [5.74, 6) is 0.957. The molecular formula is C19H24N4O4S. The van der Waals surface area contributed by atoms with Crippen molar-refractivity contribution in [2.45, 2.75) is 25.3 Å². The third-order valence-electron chi connectivity index (χ3n) is 5.25. The summed E-state index contributed by atoms with van der Waals surface area (Å²) in [5, 5.41) is 3.00. The fourth-order valence-corrected chi connectivity index (χ4v) is 4.72. The van der Waals surface area contributed by atoms with Crippen molar-refractivity contribution in [1.29, 1.82) is 0 Å². The van der Waals surface area contributed by atoms with Gasteiger partial charge in [-0.05, 0) is 50.2 Å². The quantitative estimate of drug-likeness (QED) is 0.798. The van der Waals surface area contributed by atoms with Crippen molar-refractivity contribution in [1.82, 2.24) is 15.1 Å². The maximum Gasteiger partial charge on any atom is 0.256 e. The van der Waals surface area contributed by atoms with E-state index in [4.69, 9.17) is 4.42 Å². The average Bonchev–Trinajstić information content (AvgIpc) is 3.22. The zero-order valence-electron chi connectivity index (χ0n) is 15.6. The molecule has 0 radical (unpaired) electrons. The number of likely N-dealkylation sites (tertiary alicyclic amines) is 1. The van der Waals surface area contributed by atoms with Crippen LogP contribution in [0.5, 0.6) is 0 Å². The first-order valence-electron chi connectivity index (χ1n) is 9.57. The normalized spacial score (nSPS) is 22.8. The minimum atomic E-state index is -3.40. The van der Waals surface area contributed by atoms with E-state index in [1.54, 1.807) is 29.5 Å². The summed E-state index contributed by atoms with van der Waals surface area (Å²) < 4.78 is 32.5. The summed E-state index contributed by atoms with van der Waals surface area (Å²) >= 11 is 0. The van der Waals surface area contributed by atoms with Crippen LogP contribution in [0.3, 0.4) is 0 Å². The maximum absolute atomic E-state index is 12.7. The van der Waals surface area contributed by atoms with Gasteiger partial charge in [0.05, 0.1) is 23.6 Å². The average molecular weight is 404 g/mol. The number of amides is 1. The minimum Gasteiger partial charge on any atom is -0.468 e. The van der Waals surface area contributed by atoms with Crippen molar-refractivity contribution in [2.75, 3.05) is 31.9 Å². The van der Waals surface area contributed by atoms with Gasteiger partial charge in [-0.1, -0.05) is 6.42 Å². The van der Waals surface area contributed by atoms with Gasteiger partial charge in [-0.3, -0.25) is 9.69 Å². The number of sulfonamides is 1. The monoisotopic (exact) mass is 404 g/mol. The van der Waals surface area contributed by atoms with Crippen LogP contribution in [0.15, 0.2) is 51.1 Å². The summed E-state index contributed by atoms with van der Waals surface area (Å²) in [7, 11) is -3.40. The van der Waals surface area contributed by atoms with Gasteiger partial charge in [0, 0.05) is 19.3 Å². The second-order valence-electron chi connectivity index (χ2n) is 7.18. The zero-order chi connectivity index (χ0) is 19.6. The van der Waals surface area contributed by atoms with E-state index in [1.165, 1.54) is 6.42 Å². The molecule has 150 valence electrons. The molecule has 9 heteroatoms. The first-order valence-corrected chi connectivity index (χ1v) is 11.2. The van der Waals surface area contributed by atoms with Gasteiger partial charge in [0.15, 0.2) is 0 Å². The lowest BCUT2D eigenvalue weighted by molar-refractivity contribution is -0.117. The number of nitrogens with zero attached hydrogens (tertiary/aromatic N) is 3. The minimum absolute atomic E-state index is 0.00433. The van der Waals surface area contributed by atoms with Gasteiger partial charge in [-0.15, -0.1) is 4.40 Å². The van der Waals surface area contributed by atoms with E-state index in [9.17, 15) is 13.2 Å². The SMILES string of the molecule is O=C(NCC(c1ccco1)N1CCCCC1)C1=CN2CCS(=O)(=O)N=C2C=C1. The molecule has 3 aliphatic heterocycles. The Kier molecular flexibility index (Phi) is 5.36. The van der Waals surface area contributed by atoms with Gasteiger partial charge in [0.25, 0.3) is 15.9 Å². The van der Waals surface area contributed by atoms with E-state index in [0.29, 0.717) is 24.5 Å². The molecule has 1 amide bonds. The molecule has 28 heavy (non-hydrogen) atoms. The van der Waals surface area contributed by atoms with Crippen molar-refractivity contribution in [2.24, 2.45) is 4.40 Å². The zero-order valence-corrected chi connectivity index (χ0v) is 16.4. The summed E-state index contributed by atoms with van der Waals surface area (Å²) in [5.41, 5.74) is 0.482. The van der Waals surface area contributed by atoms with E-state index >= 15 is 0 Å². The number of rotatable bonds is 5. The summed E-state index contributed by atoms with van der Waals surface area (Å²) in [6.45, 7) is 2.73. The number of carbonyl (C=O) groups is 1. The summed E-state index contributed by atoms with van der Waals surface area (Å²) in [4.78, 5) is 16.7. The number of nitrogens with one attached hydrogen (secondary N) is 1. The lowest BCUT2D eigenvalue weighted by atomic mass is 10.1. The molecule has 1 N–H and O–H groups in total. The molecule has 1 unspecified atom stereocenters. The van der Waals surface area contributed by atoms with E-state index in [-0.39, 0.29) is 17.7 Å². The Morgan fingerprint density at radius 3 is 2.79 bits per heavy atom. The fourth-order valence-electron chi connectivity index (χ4n) is 3.75. The predicted molar refractivity (Wildman–Crippen MR) is 105 cm³/mol. The molecule has 0 saturated carbocycles. The first-order chi connectivity index (χ1) is 13.5. The van der Waals surface area contributed by atoms with Gasteiger partial charge in [-0.2, -0.15) is 0 Å². The molecule has 1 atom stereocenters. The van der Waals surface area contributed by atoms with E-state index in [1.807, 2.05) is 12.1 Å². The summed E-state index contributed by atoms with van der Waals surface area (Å²) in [6, 6.07) is 3.82. The Morgan fingerprint density at radius 1 is 1.21 bits per heavy atom. The number of fused-ring (bicyclic) bond motifs is 1. The third kappa shape index (κ3) is 4.20. The molecule has 0 aromatic carbocycles. The highest BCUT2D eigenvalue weighted by atomic mass is 32.2. The highest BCUT2D eigenvalue weighted by Crippen LogP contribution is 2.25. The van der Waals surface area contributed by atoms with Gasteiger partial charge in [0.2, 0.25) is 0 Å². The number of furan rings is 1. The van der Waals surface area contributed by atoms with Crippen LogP contribution in [0.2, 0.25) is 0 Å². The smallest absolute Gasteiger partial charge is 0.256 e. The first kappa shape index (κ1) is 18.9. The van der Waals surface area contributed by atoms with Crippen LogP contribution in [-0.4, -0.2) is 61.9 Å². The van der Waals surface area contributed by atoms with E-state index in [2.05, 4.69) is 14.6 Å². The van der Waals surface area contributed by atoms with Crippen LogP contribution >= 0.6 is 0 Å². The number of piperidine rings is 1. The largest absolute Gasteiger partial charge is 0.468 e. The van der Waals surface area contributed by atoms with Gasteiger partial charge in [0.1, 0.15) is 11.6 Å². The second-order valence-corrected chi connectivity index (χ2v) is 8.94. The van der Waals surface area contributed by atoms with Crippen LogP contribution in [0, 0.1) is 0 Å². The number of hydrogen-bond donors (Lipinski definition) is 1. The van der Waals surface area contributed by atoms with Crippen LogP contribution in [0.1, 0.15) is 31.1 Å². The number of carbonyl (C=O) groups excluding carboxylic acids is 1. The lowest BCUT2D eigenvalue weighted by Crippen LogP contribution is -2.41. The predicted octanol–water partition coefficient (Wildman–Crippen LogP) is 1.42. The highest BCUT2D eigenvalue weighted by Gasteiger charge is 2.27. The molecule has 1 aromatic heterocycles. The van der Waals surface area contributed by atoms with E-state index in [0.717, 1.165) is 31.7 Å². The van der Waals surface area contributed by atoms with Crippen molar-refractivity contribution < 1.29 is 17.6 Å². The Bertz CT molecular complexity index is 912. The second kappa shape index (κ2) is 7.92. The van der Waals surface area contributed by atoms with Crippen molar-refractivity contribution >= 4 is 21.8 Å². The molecule has 1 fully saturated rings. The van der Waals surface area contributed by atoms with Crippen molar-refractivity contribution in [3.63, 3.8) is 0 Å². The standard InChI is InChI=1S/C19H24N4O4S/c24-19(15-6-7-18-21-28(25,26)12-10-23(18)14-15)20-13-16(17-5-4-11-27-17)22-8-2-1-3-9-22/h4-7,11,14,16H,1-3,8-10,12-13H2,(H,20,24). The molecule has 3 aliphatic rings. The topological polar surface area (TPSA) is 95.2 Å². The molecule has 1 aromatic rings. The Balaban J connectivity index is 1.43. The molecule has 8 nitrogen and oxygen atoms in total. The van der Waals surface area contributed by atoms with Gasteiger partial charge < -0.3 is 14.6 Å². The van der Waals surface area contributed by atoms with Crippen LogP contribution in [-0.2, 0) is 14.8 Å². The Morgan fingerprint density at radius 2 is 2.04 bits per heavy atom. The molecule has 0 aliphatic carbocycles.